The van der Waals surface area contributed by atoms with Crippen LogP contribution in [0.4, 0.5) is 5.69 Å². The number of hydrogen-bond acceptors (Lipinski definition) is 6. The lowest BCUT2D eigenvalue weighted by molar-refractivity contribution is -0.385. The fourth-order valence-corrected chi connectivity index (χ4v) is 2.02. The number of benzene rings is 1. The van der Waals surface area contributed by atoms with Gasteiger partial charge in [0.25, 0.3) is 11.6 Å². The molecule has 2 rings (SSSR count). The van der Waals surface area contributed by atoms with Crippen molar-refractivity contribution in [2.24, 2.45) is 11.0 Å². The smallest absolute Gasteiger partial charge is 0.270 e. The molecule has 1 atom stereocenters. The molecule has 0 spiro atoms. The van der Waals surface area contributed by atoms with Crippen LogP contribution in [0.25, 0.3) is 0 Å². The number of hydrazone groups is 1. The van der Waals surface area contributed by atoms with E-state index < -0.39 is 22.5 Å². The van der Waals surface area contributed by atoms with Gasteiger partial charge in [0.1, 0.15) is 5.92 Å². The number of nitrogens with zero attached hydrogens (tertiary/aromatic N) is 2. The van der Waals surface area contributed by atoms with E-state index in [1.54, 1.807) is 0 Å². The number of carbonyl (C=O) groups is 2. The Balaban J connectivity index is 2.03. The second-order valence-electron chi connectivity index (χ2n) is 4.70. The van der Waals surface area contributed by atoms with Crippen molar-refractivity contribution in [3.05, 3.63) is 33.9 Å². The predicted octanol–water partition coefficient (Wildman–Crippen LogP) is -0.355. The molecule has 0 aromatic heterocycles. The number of nitro benzene ring substituents is 1. The maximum absolute atomic E-state index is 11.8. The SMILES string of the molecule is O=C1NCCC[C@@H]1C(=O)N/N=C\c1cc([N+](=O)[O-])ccc1[O-]. The molecule has 1 fully saturated rings. The summed E-state index contributed by atoms with van der Waals surface area (Å²) in [6, 6.07) is 3.20. The van der Waals surface area contributed by atoms with Crippen molar-refractivity contribution in [1.82, 2.24) is 10.7 Å². The molecule has 22 heavy (non-hydrogen) atoms. The Labute approximate surface area is 125 Å². The van der Waals surface area contributed by atoms with Gasteiger partial charge in [-0.3, -0.25) is 19.7 Å². The lowest BCUT2D eigenvalue weighted by Gasteiger charge is -2.19. The molecule has 1 saturated heterocycles. The van der Waals surface area contributed by atoms with Crippen LogP contribution >= 0.6 is 0 Å². The number of carbonyl (C=O) groups excluding carboxylic acids is 2. The Kier molecular flexibility index (Phi) is 4.66. The summed E-state index contributed by atoms with van der Waals surface area (Å²) in [5.41, 5.74) is 1.89. The average molecular weight is 305 g/mol. The lowest BCUT2D eigenvalue weighted by Crippen LogP contribution is -2.43. The number of amides is 2. The Morgan fingerprint density at radius 2 is 2.27 bits per heavy atom. The molecule has 116 valence electrons. The molecule has 9 heteroatoms. The molecule has 9 nitrogen and oxygen atoms in total. The highest BCUT2D eigenvalue weighted by Crippen LogP contribution is 2.19. The zero-order chi connectivity index (χ0) is 16.1. The van der Waals surface area contributed by atoms with Gasteiger partial charge in [-0.05, 0) is 18.4 Å². The van der Waals surface area contributed by atoms with Gasteiger partial charge in [-0.2, -0.15) is 5.10 Å². The summed E-state index contributed by atoms with van der Waals surface area (Å²) >= 11 is 0. The Morgan fingerprint density at radius 3 is 2.95 bits per heavy atom. The zero-order valence-electron chi connectivity index (χ0n) is 11.4. The number of piperidine rings is 1. The first kappa shape index (κ1) is 15.4. The minimum absolute atomic E-state index is 0.0254. The van der Waals surface area contributed by atoms with Gasteiger partial charge in [0.2, 0.25) is 5.91 Å². The van der Waals surface area contributed by atoms with Crippen LogP contribution in [0.5, 0.6) is 5.75 Å². The summed E-state index contributed by atoms with van der Waals surface area (Å²) in [5.74, 6) is -2.22. The quantitative estimate of drug-likeness (QED) is 0.339. The summed E-state index contributed by atoms with van der Waals surface area (Å²) in [4.78, 5) is 33.3. The largest absolute Gasteiger partial charge is 0.872 e. The molecule has 1 aromatic carbocycles. The standard InChI is InChI=1S/C13H14N4O5/c18-11-4-3-9(17(21)22)6-8(11)7-15-16-13(20)10-2-1-5-14-12(10)19/h3-4,6-7,10,18H,1-2,5H2,(H,14,19)(H,16,20)/p-1/b15-7-/t10-/m0/s1. The van der Waals surface area contributed by atoms with Crippen molar-refractivity contribution in [3.63, 3.8) is 0 Å². The minimum atomic E-state index is -0.817. The van der Waals surface area contributed by atoms with E-state index in [0.29, 0.717) is 19.4 Å². The first-order chi connectivity index (χ1) is 10.5. The summed E-state index contributed by atoms with van der Waals surface area (Å²) in [7, 11) is 0. The van der Waals surface area contributed by atoms with Gasteiger partial charge in [0, 0.05) is 18.7 Å². The van der Waals surface area contributed by atoms with E-state index in [0.717, 1.165) is 24.4 Å². The van der Waals surface area contributed by atoms with Crippen LogP contribution in [0.3, 0.4) is 0 Å². The van der Waals surface area contributed by atoms with Crippen LogP contribution in [-0.2, 0) is 9.59 Å². The fraction of sp³-hybridized carbons (Fsp3) is 0.308. The highest BCUT2D eigenvalue weighted by Gasteiger charge is 2.28. The molecule has 2 amide bonds. The van der Waals surface area contributed by atoms with Crippen molar-refractivity contribution >= 4 is 23.7 Å². The Hall–Kier alpha value is -2.97. The Bertz CT molecular complexity index is 643. The molecule has 0 aliphatic carbocycles. The number of hydrogen-bond donors (Lipinski definition) is 2. The highest BCUT2D eigenvalue weighted by atomic mass is 16.6. The second-order valence-corrected chi connectivity index (χ2v) is 4.70. The fourth-order valence-electron chi connectivity index (χ4n) is 2.02. The van der Waals surface area contributed by atoms with Crippen molar-refractivity contribution in [2.75, 3.05) is 6.54 Å². The van der Waals surface area contributed by atoms with E-state index >= 15 is 0 Å². The third-order valence-corrected chi connectivity index (χ3v) is 3.18. The van der Waals surface area contributed by atoms with Gasteiger partial charge in [0.15, 0.2) is 0 Å². The van der Waals surface area contributed by atoms with Gasteiger partial charge in [0.05, 0.1) is 11.1 Å². The maximum Gasteiger partial charge on any atom is 0.270 e. The van der Waals surface area contributed by atoms with E-state index in [2.05, 4.69) is 15.8 Å². The number of non-ortho nitro benzene ring substituents is 1. The molecular formula is C13H13N4O5-. The third-order valence-electron chi connectivity index (χ3n) is 3.18. The van der Waals surface area contributed by atoms with E-state index in [4.69, 9.17) is 0 Å². The van der Waals surface area contributed by atoms with Crippen LogP contribution in [0.15, 0.2) is 23.3 Å². The molecular weight excluding hydrogens is 292 g/mol. The normalized spacial score (nSPS) is 18.0. The van der Waals surface area contributed by atoms with Crippen molar-refractivity contribution in [2.45, 2.75) is 12.8 Å². The third kappa shape index (κ3) is 3.57. The number of rotatable bonds is 4. The predicted molar refractivity (Wildman–Crippen MR) is 74.0 cm³/mol. The van der Waals surface area contributed by atoms with Gasteiger partial charge < -0.3 is 10.4 Å². The highest BCUT2D eigenvalue weighted by molar-refractivity contribution is 6.01. The van der Waals surface area contributed by atoms with Crippen LogP contribution < -0.4 is 15.8 Å². The monoisotopic (exact) mass is 305 g/mol. The minimum Gasteiger partial charge on any atom is -0.872 e. The Morgan fingerprint density at radius 1 is 1.50 bits per heavy atom. The van der Waals surface area contributed by atoms with Gasteiger partial charge >= 0.3 is 0 Å². The van der Waals surface area contributed by atoms with E-state index in [9.17, 15) is 24.8 Å². The van der Waals surface area contributed by atoms with Crippen LogP contribution in [-0.4, -0.2) is 29.5 Å². The zero-order valence-corrected chi connectivity index (χ0v) is 11.4. The molecule has 0 unspecified atom stereocenters. The van der Waals surface area contributed by atoms with Crippen molar-refractivity contribution in [1.29, 1.82) is 0 Å². The molecule has 2 N–H and O–H groups in total. The summed E-state index contributed by atoms with van der Waals surface area (Å²) in [5, 5.41) is 28.3. The van der Waals surface area contributed by atoms with E-state index in [1.165, 1.54) is 0 Å². The first-order valence-electron chi connectivity index (χ1n) is 6.55. The molecule has 1 aromatic rings. The van der Waals surface area contributed by atoms with E-state index in [1.807, 2.05) is 0 Å². The van der Waals surface area contributed by atoms with Gasteiger partial charge in [-0.25, -0.2) is 5.43 Å². The molecule has 1 aliphatic heterocycles. The van der Waals surface area contributed by atoms with Gasteiger partial charge in [-0.15, -0.1) is 0 Å². The van der Waals surface area contributed by atoms with Crippen LogP contribution in [0, 0.1) is 16.0 Å². The number of nitrogens with one attached hydrogen (secondary N) is 2. The average Bonchev–Trinajstić information content (AvgIpc) is 2.49. The molecule has 1 aliphatic rings. The van der Waals surface area contributed by atoms with E-state index in [-0.39, 0.29) is 17.2 Å². The molecule has 0 saturated carbocycles. The van der Waals surface area contributed by atoms with Crippen molar-refractivity contribution < 1.29 is 19.6 Å². The summed E-state index contributed by atoms with van der Waals surface area (Å²) in [6.45, 7) is 0.541. The number of nitro groups is 1. The van der Waals surface area contributed by atoms with Crippen LogP contribution in [0.1, 0.15) is 18.4 Å². The van der Waals surface area contributed by atoms with Gasteiger partial charge in [-0.1, -0.05) is 11.8 Å². The molecule has 0 radical (unpaired) electrons. The first-order valence-corrected chi connectivity index (χ1v) is 6.55. The van der Waals surface area contributed by atoms with Crippen LogP contribution in [0.2, 0.25) is 0 Å². The maximum atomic E-state index is 11.8. The second kappa shape index (κ2) is 6.66. The topological polar surface area (TPSA) is 137 Å². The summed E-state index contributed by atoms with van der Waals surface area (Å²) in [6.07, 6.45) is 2.15. The van der Waals surface area contributed by atoms with Crippen molar-refractivity contribution in [3.8, 4) is 5.75 Å². The lowest BCUT2D eigenvalue weighted by atomic mass is 9.98. The molecule has 1 heterocycles. The summed E-state index contributed by atoms with van der Waals surface area (Å²) < 4.78 is 0. The molecule has 0 bridgehead atoms.